The predicted octanol–water partition coefficient (Wildman–Crippen LogP) is 2.83. The zero-order chi connectivity index (χ0) is 21.3. The minimum atomic E-state index is -0.755. The SMILES string of the molecule is COc1ccc(CN2C(=O)N(C)C3(CCN(Cc4ccc(O)cc4)CC3)C2=O)cc1. The van der Waals surface area contributed by atoms with Crippen molar-refractivity contribution >= 4 is 11.9 Å². The molecule has 158 valence electrons. The Morgan fingerprint density at radius 2 is 1.50 bits per heavy atom. The first-order valence-corrected chi connectivity index (χ1v) is 10.2. The van der Waals surface area contributed by atoms with E-state index in [0.717, 1.165) is 36.5 Å². The highest BCUT2D eigenvalue weighted by atomic mass is 16.5. The summed E-state index contributed by atoms with van der Waals surface area (Å²) in [6.45, 7) is 2.50. The van der Waals surface area contributed by atoms with Crippen LogP contribution in [0.5, 0.6) is 11.5 Å². The van der Waals surface area contributed by atoms with Crippen LogP contribution in [-0.2, 0) is 17.9 Å². The fourth-order valence-corrected chi connectivity index (χ4v) is 4.39. The molecule has 2 heterocycles. The van der Waals surface area contributed by atoms with Gasteiger partial charge in [-0.05, 0) is 48.2 Å². The maximum Gasteiger partial charge on any atom is 0.327 e. The number of carbonyl (C=O) groups is 2. The molecule has 0 radical (unpaired) electrons. The molecule has 0 aromatic heterocycles. The van der Waals surface area contributed by atoms with Gasteiger partial charge in [0.05, 0.1) is 13.7 Å². The monoisotopic (exact) mass is 409 g/mol. The maximum atomic E-state index is 13.3. The molecule has 3 amide bonds. The summed E-state index contributed by atoms with van der Waals surface area (Å²) in [7, 11) is 3.35. The largest absolute Gasteiger partial charge is 0.508 e. The summed E-state index contributed by atoms with van der Waals surface area (Å²) in [4.78, 5) is 31.5. The number of piperidine rings is 1. The van der Waals surface area contributed by atoms with Gasteiger partial charge in [-0.2, -0.15) is 0 Å². The van der Waals surface area contributed by atoms with Gasteiger partial charge in [0.2, 0.25) is 0 Å². The first kappa shape index (κ1) is 20.2. The number of carbonyl (C=O) groups excluding carboxylic acids is 2. The van der Waals surface area contributed by atoms with Gasteiger partial charge in [0, 0.05) is 26.7 Å². The van der Waals surface area contributed by atoms with Crippen molar-refractivity contribution in [3.63, 3.8) is 0 Å². The summed E-state index contributed by atoms with van der Waals surface area (Å²) < 4.78 is 5.17. The molecule has 2 aliphatic heterocycles. The Balaban J connectivity index is 1.43. The molecule has 30 heavy (non-hydrogen) atoms. The third-order valence-electron chi connectivity index (χ3n) is 6.33. The molecule has 1 N–H and O–H groups in total. The Kier molecular flexibility index (Phi) is 5.39. The van der Waals surface area contributed by atoms with Gasteiger partial charge >= 0.3 is 6.03 Å². The van der Waals surface area contributed by atoms with E-state index in [-0.39, 0.29) is 24.2 Å². The summed E-state index contributed by atoms with van der Waals surface area (Å²) >= 11 is 0. The summed E-state index contributed by atoms with van der Waals surface area (Å²) in [5, 5.41) is 9.44. The number of phenols is 1. The summed E-state index contributed by atoms with van der Waals surface area (Å²) in [5.41, 5.74) is 1.26. The van der Waals surface area contributed by atoms with E-state index in [9.17, 15) is 14.7 Å². The molecule has 0 unspecified atom stereocenters. The first-order chi connectivity index (χ1) is 14.4. The normalized spacial score (nSPS) is 19.0. The molecule has 7 nitrogen and oxygen atoms in total. The number of imide groups is 1. The maximum absolute atomic E-state index is 13.3. The number of nitrogens with zero attached hydrogens (tertiary/aromatic N) is 3. The molecule has 0 atom stereocenters. The highest BCUT2D eigenvalue weighted by Gasteiger charge is 2.56. The van der Waals surface area contributed by atoms with Crippen LogP contribution in [0.15, 0.2) is 48.5 Å². The Labute approximate surface area is 176 Å². The van der Waals surface area contributed by atoms with Crippen molar-refractivity contribution < 1.29 is 19.4 Å². The van der Waals surface area contributed by atoms with Gasteiger partial charge in [-0.3, -0.25) is 14.6 Å². The molecule has 2 aliphatic rings. The van der Waals surface area contributed by atoms with Crippen LogP contribution >= 0.6 is 0 Å². The van der Waals surface area contributed by atoms with Crippen molar-refractivity contribution in [3.05, 3.63) is 59.7 Å². The fraction of sp³-hybridized carbons (Fsp3) is 0.391. The average molecular weight is 409 g/mol. The predicted molar refractivity (Wildman–Crippen MR) is 112 cm³/mol. The third kappa shape index (κ3) is 3.61. The lowest BCUT2D eigenvalue weighted by molar-refractivity contribution is -0.135. The van der Waals surface area contributed by atoms with Crippen molar-refractivity contribution in [1.29, 1.82) is 0 Å². The third-order valence-corrected chi connectivity index (χ3v) is 6.33. The number of aromatic hydroxyl groups is 1. The van der Waals surface area contributed by atoms with E-state index in [1.165, 1.54) is 4.90 Å². The fourth-order valence-electron chi connectivity index (χ4n) is 4.39. The van der Waals surface area contributed by atoms with Gasteiger partial charge in [0.1, 0.15) is 17.0 Å². The van der Waals surface area contributed by atoms with Gasteiger partial charge in [-0.15, -0.1) is 0 Å². The van der Waals surface area contributed by atoms with Crippen LogP contribution in [-0.4, -0.2) is 64.5 Å². The van der Waals surface area contributed by atoms with Crippen LogP contribution < -0.4 is 4.74 Å². The van der Waals surface area contributed by atoms with E-state index in [1.807, 2.05) is 36.4 Å². The zero-order valence-electron chi connectivity index (χ0n) is 17.4. The second-order valence-corrected chi connectivity index (χ2v) is 8.06. The molecule has 2 fully saturated rings. The lowest BCUT2D eigenvalue weighted by atomic mass is 9.86. The van der Waals surface area contributed by atoms with Crippen LogP contribution in [0.1, 0.15) is 24.0 Å². The number of methoxy groups -OCH3 is 1. The van der Waals surface area contributed by atoms with Crippen LogP contribution in [0.25, 0.3) is 0 Å². The van der Waals surface area contributed by atoms with Crippen LogP contribution in [0.4, 0.5) is 4.79 Å². The van der Waals surface area contributed by atoms with Gasteiger partial charge < -0.3 is 14.7 Å². The zero-order valence-corrected chi connectivity index (χ0v) is 17.4. The Morgan fingerprint density at radius 1 is 0.933 bits per heavy atom. The molecule has 7 heteroatoms. The number of hydrogen-bond donors (Lipinski definition) is 1. The van der Waals surface area contributed by atoms with E-state index in [2.05, 4.69) is 4.90 Å². The minimum Gasteiger partial charge on any atom is -0.508 e. The number of urea groups is 1. The van der Waals surface area contributed by atoms with Crippen molar-refractivity contribution in [2.24, 2.45) is 0 Å². The smallest absolute Gasteiger partial charge is 0.327 e. The summed E-state index contributed by atoms with van der Waals surface area (Å²) in [5.74, 6) is 0.896. The topological polar surface area (TPSA) is 73.3 Å². The first-order valence-electron chi connectivity index (χ1n) is 10.2. The van der Waals surface area contributed by atoms with Crippen molar-refractivity contribution in [2.45, 2.75) is 31.5 Å². The van der Waals surface area contributed by atoms with E-state index in [1.54, 1.807) is 31.2 Å². The van der Waals surface area contributed by atoms with Crippen molar-refractivity contribution in [3.8, 4) is 11.5 Å². The number of likely N-dealkylation sites (N-methyl/N-ethyl adjacent to an activating group) is 1. The Morgan fingerprint density at radius 3 is 2.10 bits per heavy atom. The second-order valence-electron chi connectivity index (χ2n) is 8.06. The summed E-state index contributed by atoms with van der Waals surface area (Å²) in [6.07, 6.45) is 1.23. The minimum absolute atomic E-state index is 0.102. The lowest BCUT2D eigenvalue weighted by Gasteiger charge is -2.40. The number of amides is 3. The number of benzene rings is 2. The molecule has 1 spiro atoms. The van der Waals surface area contributed by atoms with Crippen LogP contribution in [0.3, 0.4) is 0 Å². The average Bonchev–Trinajstić information content (AvgIpc) is 2.93. The number of rotatable bonds is 5. The Bertz CT molecular complexity index is 918. The lowest BCUT2D eigenvalue weighted by Crippen LogP contribution is -2.55. The van der Waals surface area contributed by atoms with Crippen LogP contribution in [0.2, 0.25) is 0 Å². The highest BCUT2D eigenvalue weighted by molar-refractivity contribution is 6.06. The van der Waals surface area contributed by atoms with Crippen molar-refractivity contribution in [2.75, 3.05) is 27.2 Å². The molecule has 2 saturated heterocycles. The van der Waals surface area contributed by atoms with Crippen LogP contribution in [0, 0.1) is 0 Å². The second kappa shape index (κ2) is 7.99. The quantitative estimate of drug-likeness (QED) is 0.769. The highest BCUT2D eigenvalue weighted by Crippen LogP contribution is 2.37. The van der Waals surface area contributed by atoms with E-state index in [0.29, 0.717) is 12.8 Å². The van der Waals surface area contributed by atoms with E-state index in [4.69, 9.17) is 4.74 Å². The number of ether oxygens (including phenoxy) is 1. The molecule has 4 rings (SSSR count). The van der Waals surface area contributed by atoms with E-state index >= 15 is 0 Å². The van der Waals surface area contributed by atoms with Gasteiger partial charge in [-0.1, -0.05) is 24.3 Å². The number of hydrogen-bond acceptors (Lipinski definition) is 5. The molecule has 0 saturated carbocycles. The summed E-state index contributed by atoms with van der Waals surface area (Å²) in [6, 6.07) is 14.4. The molecule has 2 aromatic carbocycles. The Hall–Kier alpha value is -3.06. The van der Waals surface area contributed by atoms with Crippen molar-refractivity contribution in [1.82, 2.24) is 14.7 Å². The molecular weight excluding hydrogens is 382 g/mol. The molecular formula is C23H27N3O4. The molecule has 0 aliphatic carbocycles. The standard InChI is InChI=1S/C23H27N3O4/c1-24-22(29)26(16-18-5-9-20(30-2)10-6-18)21(28)23(24)11-13-25(14-12-23)15-17-3-7-19(27)8-4-17/h3-10,27H,11-16H2,1-2H3. The van der Waals surface area contributed by atoms with Gasteiger partial charge in [0.25, 0.3) is 5.91 Å². The molecule has 0 bridgehead atoms. The van der Waals surface area contributed by atoms with Gasteiger partial charge in [-0.25, -0.2) is 4.79 Å². The number of likely N-dealkylation sites (tertiary alicyclic amines) is 1. The molecule has 2 aromatic rings. The van der Waals surface area contributed by atoms with Gasteiger partial charge in [0.15, 0.2) is 0 Å². The van der Waals surface area contributed by atoms with E-state index < -0.39 is 5.54 Å². The number of phenolic OH excluding ortho intramolecular Hbond substituents is 1.